The largest absolute Gasteiger partial charge is 0.459 e. The summed E-state index contributed by atoms with van der Waals surface area (Å²) in [5, 5.41) is 11.4. The molecule has 7 nitrogen and oxygen atoms in total. The van der Waals surface area contributed by atoms with E-state index in [1.165, 1.54) is 0 Å². The van der Waals surface area contributed by atoms with Crippen molar-refractivity contribution in [2.24, 2.45) is 23.7 Å². The highest BCUT2D eigenvalue weighted by Crippen LogP contribution is 2.60. The van der Waals surface area contributed by atoms with Crippen molar-refractivity contribution in [3.05, 3.63) is 0 Å². The molecule has 0 aromatic rings. The van der Waals surface area contributed by atoms with Crippen molar-refractivity contribution < 1.29 is 33.6 Å². The van der Waals surface area contributed by atoms with Crippen molar-refractivity contribution in [1.82, 2.24) is 0 Å². The minimum Gasteiger partial charge on any atom is -0.459 e. The second kappa shape index (κ2) is 8.24. The van der Waals surface area contributed by atoms with Gasteiger partial charge in [-0.25, -0.2) is 0 Å². The Morgan fingerprint density at radius 2 is 1.94 bits per heavy atom. The molecule has 0 unspecified atom stereocenters. The van der Waals surface area contributed by atoms with Gasteiger partial charge in [-0.2, -0.15) is 0 Å². The molecule has 1 saturated carbocycles. The van der Waals surface area contributed by atoms with E-state index in [1.54, 1.807) is 14.0 Å². The minimum absolute atomic E-state index is 0.0227. The highest BCUT2D eigenvalue weighted by Gasteiger charge is 2.67. The van der Waals surface area contributed by atoms with Gasteiger partial charge in [0.25, 0.3) is 0 Å². The first-order chi connectivity index (χ1) is 15.0. The normalized spacial score (nSPS) is 50.5. The number of ether oxygens (including phenoxy) is 4. The van der Waals surface area contributed by atoms with E-state index < -0.39 is 22.9 Å². The summed E-state index contributed by atoms with van der Waals surface area (Å²) in [6.45, 7) is 9.70. The number of carbonyl (C=O) groups excluding carboxylic acids is 2. The van der Waals surface area contributed by atoms with Crippen molar-refractivity contribution in [3.8, 4) is 0 Å². The molecule has 182 valence electrons. The van der Waals surface area contributed by atoms with E-state index in [-0.39, 0.29) is 47.8 Å². The molecule has 10 atom stereocenters. The zero-order valence-electron chi connectivity index (χ0n) is 20.4. The van der Waals surface area contributed by atoms with Gasteiger partial charge in [-0.1, -0.05) is 13.8 Å². The van der Waals surface area contributed by atoms with Gasteiger partial charge in [0.15, 0.2) is 0 Å². The second-order valence-electron chi connectivity index (χ2n) is 11.3. The Hall–Kier alpha value is -1.18. The molecule has 3 saturated heterocycles. The lowest BCUT2D eigenvalue weighted by atomic mass is 9.57. The molecule has 0 spiro atoms. The quantitative estimate of drug-likeness (QED) is 0.654. The predicted molar refractivity (Wildman–Crippen MR) is 117 cm³/mol. The van der Waals surface area contributed by atoms with Crippen LogP contribution < -0.4 is 0 Å². The van der Waals surface area contributed by atoms with Gasteiger partial charge in [0.1, 0.15) is 17.3 Å². The Bertz CT molecular complexity index is 751. The lowest BCUT2D eigenvalue weighted by Crippen LogP contribution is -2.56. The molecule has 1 aliphatic carbocycles. The fourth-order valence-corrected chi connectivity index (χ4v) is 7.24. The molecule has 4 fully saturated rings. The number of aliphatic hydroxyl groups is 1. The summed E-state index contributed by atoms with van der Waals surface area (Å²) in [6.07, 6.45) is 3.04. The highest BCUT2D eigenvalue weighted by molar-refractivity contribution is 5.73. The van der Waals surface area contributed by atoms with Gasteiger partial charge in [-0.15, -0.1) is 0 Å². The van der Waals surface area contributed by atoms with Crippen molar-refractivity contribution in [3.63, 3.8) is 0 Å². The first kappa shape index (κ1) is 24.0. The standard InChI is InChI=1S/C25H40O7/c1-7-8-18(26)31-24(4)11-9-15-14(2)22(27)32-25(5)12-10-17(29-6)23(3,28)13-16-20(24)19(15)21(25)30-16/h14-17,19-21,28H,7-13H2,1-6H3/t14-,15+,16+,17-,19+,20+,21+,23-,24-,25+/m1/s1. The van der Waals surface area contributed by atoms with E-state index in [2.05, 4.69) is 0 Å². The van der Waals surface area contributed by atoms with Gasteiger partial charge < -0.3 is 24.1 Å². The summed E-state index contributed by atoms with van der Waals surface area (Å²) in [6, 6.07) is 0. The molecule has 0 radical (unpaired) electrons. The molecule has 32 heavy (non-hydrogen) atoms. The van der Waals surface area contributed by atoms with Gasteiger partial charge in [-0.3, -0.25) is 9.59 Å². The maximum Gasteiger partial charge on any atom is 0.309 e. The zero-order chi connectivity index (χ0) is 23.5. The molecule has 3 aliphatic heterocycles. The predicted octanol–water partition coefficient (Wildman–Crippen LogP) is 3.40. The number of hydrogen-bond donors (Lipinski definition) is 1. The van der Waals surface area contributed by atoms with Crippen LogP contribution in [0.15, 0.2) is 0 Å². The fraction of sp³-hybridized carbons (Fsp3) is 0.920. The third-order valence-corrected chi connectivity index (χ3v) is 8.91. The number of methoxy groups -OCH3 is 1. The second-order valence-corrected chi connectivity index (χ2v) is 11.3. The average molecular weight is 453 g/mol. The van der Waals surface area contributed by atoms with E-state index in [1.807, 2.05) is 27.7 Å². The first-order valence-corrected chi connectivity index (χ1v) is 12.3. The van der Waals surface area contributed by atoms with E-state index >= 15 is 0 Å². The molecule has 4 rings (SSSR count). The van der Waals surface area contributed by atoms with Crippen LogP contribution >= 0.6 is 0 Å². The van der Waals surface area contributed by atoms with Crippen LogP contribution in [0.1, 0.15) is 79.6 Å². The molecule has 0 aromatic heterocycles. The summed E-state index contributed by atoms with van der Waals surface area (Å²) in [5.74, 6) is -0.618. The molecule has 1 N–H and O–H groups in total. The van der Waals surface area contributed by atoms with Gasteiger partial charge in [-0.05, 0) is 58.8 Å². The van der Waals surface area contributed by atoms with Crippen LogP contribution in [-0.4, -0.2) is 59.3 Å². The zero-order valence-corrected chi connectivity index (χ0v) is 20.4. The van der Waals surface area contributed by atoms with Crippen molar-refractivity contribution in [1.29, 1.82) is 0 Å². The Morgan fingerprint density at radius 3 is 2.59 bits per heavy atom. The van der Waals surface area contributed by atoms with Crippen LogP contribution in [0.2, 0.25) is 0 Å². The average Bonchev–Trinajstić information content (AvgIpc) is 3.06. The molecule has 2 bridgehead atoms. The topological polar surface area (TPSA) is 91.3 Å². The lowest BCUT2D eigenvalue weighted by molar-refractivity contribution is -0.183. The summed E-state index contributed by atoms with van der Waals surface area (Å²) in [4.78, 5) is 25.7. The summed E-state index contributed by atoms with van der Waals surface area (Å²) >= 11 is 0. The molecular formula is C25H40O7. The Labute approximate surface area is 191 Å². The van der Waals surface area contributed by atoms with Crippen LogP contribution in [0, 0.1) is 23.7 Å². The Balaban J connectivity index is 1.81. The van der Waals surface area contributed by atoms with Crippen LogP contribution in [0.5, 0.6) is 0 Å². The Morgan fingerprint density at radius 1 is 1.22 bits per heavy atom. The monoisotopic (exact) mass is 452 g/mol. The summed E-state index contributed by atoms with van der Waals surface area (Å²) in [7, 11) is 1.61. The number of carbonyl (C=O) groups is 2. The van der Waals surface area contributed by atoms with Crippen LogP contribution in [-0.2, 0) is 28.5 Å². The lowest BCUT2D eigenvalue weighted by Gasteiger charge is -2.49. The number of esters is 2. The van der Waals surface area contributed by atoms with Crippen LogP contribution in [0.4, 0.5) is 0 Å². The van der Waals surface area contributed by atoms with Crippen molar-refractivity contribution >= 4 is 11.9 Å². The third-order valence-electron chi connectivity index (χ3n) is 8.91. The summed E-state index contributed by atoms with van der Waals surface area (Å²) in [5.41, 5.74) is -2.64. The van der Waals surface area contributed by atoms with Crippen LogP contribution in [0.25, 0.3) is 0 Å². The van der Waals surface area contributed by atoms with E-state index in [4.69, 9.17) is 18.9 Å². The van der Waals surface area contributed by atoms with E-state index in [0.717, 1.165) is 12.8 Å². The smallest absolute Gasteiger partial charge is 0.309 e. The maximum absolute atomic E-state index is 13.1. The fourth-order valence-electron chi connectivity index (χ4n) is 7.24. The molecular weight excluding hydrogens is 412 g/mol. The van der Waals surface area contributed by atoms with Gasteiger partial charge in [0.05, 0.1) is 23.7 Å². The van der Waals surface area contributed by atoms with Crippen molar-refractivity contribution in [2.45, 2.75) is 115 Å². The Kier molecular flexibility index (Phi) is 6.17. The van der Waals surface area contributed by atoms with Gasteiger partial charge >= 0.3 is 11.9 Å². The summed E-state index contributed by atoms with van der Waals surface area (Å²) < 4.78 is 24.7. The van der Waals surface area contributed by atoms with Crippen LogP contribution in [0.3, 0.4) is 0 Å². The highest BCUT2D eigenvalue weighted by atomic mass is 16.6. The van der Waals surface area contributed by atoms with Gasteiger partial charge in [0, 0.05) is 31.8 Å². The van der Waals surface area contributed by atoms with Crippen molar-refractivity contribution in [2.75, 3.05) is 7.11 Å². The maximum atomic E-state index is 13.1. The number of hydrogen-bond acceptors (Lipinski definition) is 7. The minimum atomic E-state index is -1.12. The van der Waals surface area contributed by atoms with Gasteiger partial charge in [0.2, 0.25) is 0 Å². The molecule has 4 aliphatic rings. The molecule has 0 aromatic carbocycles. The number of fused-ring (bicyclic) bond motifs is 2. The SMILES string of the molecule is CCCC(=O)O[C@]1(C)CC[C@@H]2[C@H]3[C@@H]1[C@@H]1C[C@@](C)(O)[C@H](OC)CC[C@](C)(OC(=O)[C@@H]2C)[C@H]3O1. The van der Waals surface area contributed by atoms with E-state index in [0.29, 0.717) is 32.1 Å². The molecule has 0 amide bonds. The number of rotatable bonds is 4. The molecule has 3 heterocycles. The third kappa shape index (κ3) is 3.78. The first-order valence-electron chi connectivity index (χ1n) is 12.3. The van der Waals surface area contributed by atoms with E-state index in [9.17, 15) is 14.7 Å². The molecule has 7 heteroatoms.